The number of hydrogen-bond donors (Lipinski definition) is 2. The summed E-state index contributed by atoms with van der Waals surface area (Å²) < 4.78 is 33.1. The van der Waals surface area contributed by atoms with Crippen LogP contribution in [0.4, 0.5) is 0 Å². The number of carbonyl (C=O) groups excluding carboxylic acids is 1. The van der Waals surface area contributed by atoms with Crippen LogP contribution in [0.25, 0.3) is 0 Å². The van der Waals surface area contributed by atoms with Gasteiger partial charge < -0.3 is 10.1 Å². The number of carbonyl (C=O) groups is 1. The van der Waals surface area contributed by atoms with E-state index < -0.39 is 10.0 Å². The van der Waals surface area contributed by atoms with Gasteiger partial charge in [0.2, 0.25) is 10.0 Å². The van der Waals surface area contributed by atoms with E-state index in [0.717, 1.165) is 12.8 Å². The minimum Gasteiger partial charge on any atom is -0.381 e. The van der Waals surface area contributed by atoms with E-state index in [0.29, 0.717) is 25.3 Å². The molecule has 0 saturated heterocycles. The molecular weight excluding hydrogens is 328 g/mol. The number of nitrogens with one attached hydrogen (secondary N) is 2. The number of ether oxygens (including phenoxy) is 1. The van der Waals surface area contributed by atoms with E-state index in [-0.39, 0.29) is 22.3 Å². The molecule has 134 valence electrons. The molecule has 0 radical (unpaired) electrons. The Morgan fingerprint density at radius 3 is 2.62 bits per heavy atom. The maximum Gasteiger partial charge on any atom is 0.251 e. The summed E-state index contributed by atoms with van der Waals surface area (Å²) in [6.45, 7) is 7.19. The maximum absolute atomic E-state index is 12.5. The highest BCUT2D eigenvalue weighted by molar-refractivity contribution is 7.89. The first kappa shape index (κ1) is 18.9. The molecule has 1 aliphatic carbocycles. The Morgan fingerprint density at radius 2 is 2.04 bits per heavy atom. The number of benzene rings is 1. The zero-order valence-corrected chi connectivity index (χ0v) is 15.3. The SMILES string of the molecule is CCOCC1(CNS(=O)(=O)c2cccc(C(=O)NC(C)C)c2)CC1. The first-order valence-electron chi connectivity index (χ1n) is 8.26. The summed E-state index contributed by atoms with van der Waals surface area (Å²) in [5.74, 6) is -0.281. The summed E-state index contributed by atoms with van der Waals surface area (Å²) in [6, 6.07) is 6.08. The third kappa shape index (κ3) is 5.03. The zero-order chi connectivity index (χ0) is 17.8. The van der Waals surface area contributed by atoms with Crippen molar-refractivity contribution in [1.82, 2.24) is 10.0 Å². The van der Waals surface area contributed by atoms with E-state index in [9.17, 15) is 13.2 Å². The Kier molecular flexibility index (Phi) is 6.01. The van der Waals surface area contributed by atoms with Gasteiger partial charge in [0.1, 0.15) is 0 Å². The number of sulfonamides is 1. The Labute approximate surface area is 144 Å². The van der Waals surface area contributed by atoms with Crippen molar-refractivity contribution in [1.29, 1.82) is 0 Å². The van der Waals surface area contributed by atoms with Crippen LogP contribution >= 0.6 is 0 Å². The van der Waals surface area contributed by atoms with Crippen LogP contribution in [0.15, 0.2) is 29.2 Å². The molecule has 0 spiro atoms. The highest BCUT2D eigenvalue weighted by Crippen LogP contribution is 2.45. The van der Waals surface area contributed by atoms with Gasteiger partial charge in [-0.3, -0.25) is 4.79 Å². The van der Waals surface area contributed by atoms with Crippen LogP contribution in [-0.4, -0.2) is 40.1 Å². The molecule has 1 fully saturated rings. The normalized spacial score (nSPS) is 16.2. The van der Waals surface area contributed by atoms with Crippen LogP contribution in [0.1, 0.15) is 44.0 Å². The predicted octanol–water partition coefficient (Wildman–Crippen LogP) is 1.92. The molecule has 2 N–H and O–H groups in total. The molecule has 0 atom stereocenters. The van der Waals surface area contributed by atoms with Gasteiger partial charge in [-0.15, -0.1) is 0 Å². The zero-order valence-electron chi connectivity index (χ0n) is 14.5. The van der Waals surface area contributed by atoms with Crippen molar-refractivity contribution in [2.75, 3.05) is 19.8 Å². The van der Waals surface area contributed by atoms with Gasteiger partial charge in [0.25, 0.3) is 5.91 Å². The van der Waals surface area contributed by atoms with Gasteiger partial charge in [0, 0.05) is 30.2 Å². The van der Waals surface area contributed by atoms with Gasteiger partial charge in [-0.05, 0) is 51.8 Å². The minimum atomic E-state index is -3.65. The van der Waals surface area contributed by atoms with Crippen LogP contribution in [0.2, 0.25) is 0 Å². The van der Waals surface area contributed by atoms with E-state index in [1.165, 1.54) is 12.1 Å². The first-order valence-corrected chi connectivity index (χ1v) is 9.75. The first-order chi connectivity index (χ1) is 11.3. The molecule has 1 aromatic rings. The summed E-state index contributed by atoms with van der Waals surface area (Å²) in [4.78, 5) is 12.1. The second-order valence-corrected chi connectivity index (χ2v) is 8.38. The average Bonchev–Trinajstić information content (AvgIpc) is 3.31. The minimum absolute atomic E-state index is 0.0100. The summed E-state index contributed by atoms with van der Waals surface area (Å²) in [5.41, 5.74) is 0.262. The van der Waals surface area contributed by atoms with E-state index in [1.807, 2.05) is 20.8 Å². The molecule has 7 heteroatoms. The van der Waals surface area contributed by atoms with Crippen molar-refractivity contribution in [2.45, 2.75) is 44.6 Å². The van der Waals surface area contributed by atoms with Crippen LogP contribution in [0.3, 0.4) is 0 Å². The quantitative estimate of drug-likeness (QED) is 0.709. The van der Waals surface area contributed by atoms with Gasteiger partial charge in [-0.2, -0.15) is 0 Å². The van der Waals surface area contributed by atoms with Gasteiger partial charge >= 0.3 is 0 Å². The Balaban J connectivity index is 2.05. The molecule has 24 heavy (non-hydrogen) atoms. The van der Waals surface area contributed by atoms with Gasteiger partial charge in [-0.25, -0.2) is 13.1 Å². The summed E-state index contributed by atoms with van der Waals surface area (Å²) in [5, 5.41) is 2.76. The topological polar surface area (TPSA) is 84.5 Å². The number of rotatable bonds is 9. The largest absolute Gasteiger partial charge is 0.381 e. The maximum atomic E-state index is 12.5. The standard InChI is InChI=1S/C17H26N2O4S/c1-4-23-12-17(8-9-17)11-18-24(21,22)15-7-5-6-14(10-15)16(20)19-13(2)3/h5-7,10,13,18H,4,8-9,11-12H2,1-3H3,(H,19,20). The Morgan fingerprint density at radius 1 is 1.33 bits per heavy atom. The molecule has 1 aromatic carbocycles. The molecule has 0 heterocycles. The highest BCUT2D eigenvalue weighted by atomic mass is 32.2. The number of amides is 1. The summed E-state index contributed by atoms with van der Waals surface area (Å²) in [6.07, 6.45) is 1.93. The average molecular weight is 354 g/mol. The van der Waals surface area contributed by atoms with Crippen LogP contribution in [0.5, 0.6) is 0 Å². The third-order valence-corrected chi connectivity index (χ3v) is 5.43. The summed E-state index contributed by atoms with van der Waals surface area (Å²) in [7, 11) is -3.65. The lowest BCUT2D eigenvalue weighted by atomic mass is 10.1. The van der Waals surface area contributed by atoms with Crippen LogP contribution in [0, 0.1) is 5.41 Å². The molecule has 0 aliphatic heterocycles. The predicted molar refractivity (Wildman–Crippen MR) is 92.4 cm³/mol. The van der Waals surface area contributed by atoms with E-state index in [4.69, 9.17) is 4.74 Å². The van der Waals surface area contributed by atoms with E-state index in [2.05, 4.69) is 10.0 Å². The molecule has 1 saturated carbocycles. The lowest BCUT2D eigenvalue weighted by Gasteiger charge is -2.16. The fourth-order valence-electron chi connectivity index (χ4n) is 2.35. The van der Waals surface area contributed by atoms with Crippen molar-refractivity contribution in [3.8, 4) is 0 Å². The van der Waals surface area contributed by atoms with E-state index in [1.54, 1.807) is 12.1 Å². The van der Waals surface area contributed by atoms with Crippen LogP contribution < -0.4 is 10.0 Å². The number of hydrogen-bond acceptors (Lipinski definition) is 4. The molecule has 0 aromatic heterocycles. The second-order valence-electron chi connectivity index (χ2n) is 6.62. The fraction of sp³-hybridized carbons (Fsp3) is 0.588. The molecular formula is C17H26N2O4S. The molecule has 6 nitrogen and oxygen atoms in total. The van der Waals surface area contributed by atoms with Gasteiger partial charge in [0.15, 0.2) is 0 Å². The second kappa shape index (κ2) is 7.63. The fourth-order valence-corrected chi connectivity index (χ4v) is 3.55. The molecule has 1 amide bonds. The van der Waals surface area contributed by atoms with Crippen molar-refractivity contribution in [2.24, 2.45) is 5.41 Å². The van der Waals surface area contributed by atoms with Gasteiger partial charge in [-0.1, -0.05) is 6.07 Å². The molecule has 0 unspecified atom stereocenters. The van der Waals surface area contributed by atoms with Crippen molar-refractivity contribution < 1.29 is 17.9 Å². The summed E-state index contributed by atoms with van der Waals surface area (Å²) >= 11 is 0. The molecule has 1 aliphatic rings. The van der Waals surface area contributed by atoms with Crippen LogP contribution in [-0.2, 0) is 14.8 Å². The van der Waals surface area contributed by atoms with Gasteiger partial charge in [0.05, 0.1) is 11.5 Å². The third-order valence-electron chi connectivity index (χ3n) is 4.03. The Hall–Kier alpha value is -1.44. The molecule has 2 rings (SSSR count). The van der Waals surface area contributed by atoms with E-state index >= 15 is 0 Å². The highest BCUT2D eigenvalue weighted by Gasteiger charge is 2.43. The van der Waals surface area contributed by atoms with Crippen molar-refractivity contribution >= 4 is 15.9 Å². The molecule has 0 bridgehead atoms. The Bertz CT molecular complexity index is 682. The monoisotopic (exact) mass is 354 g/mol. The lowest BCUT2D eigenvalue weighted by molar-refractivity contribution is 0.0943. The smallest absolute Gasteiger partial charge is 0.251 e. The van der Waals surface area contributed by atoms with Crippen molar-refractivity contribution in [3.05, 3.63) is 29.8 Å². The lowest BCUT2D eigenvalue weighted by Crippen LogP contribution is -2.33. The van der Waals surface area contributed by atoms with Crippen molar-refractivity contribution in [3.63, 3.8) is 0 Å².